The molecule has 4 rings (SSSR count). The van der Waals surface area contributed by atoms with Crippen molar-refractivity contribution in [2.24, 2.45) is 5.41 Å². The van der Waals surface area contributed by atoms with Crippen LogP contribution in [-0.4, -0.2) is 43.2 Å². The Morgan fingerprint density at radius 1 is 1.23 bits per heavy atom. The van der Waals surface area contributed by atoms with E-state index in [1.54, 1.807) is 12.1 Å². The number of ether oxygens (including phenoxy) is 1. The summed E-state index contributed by atoms with van der Waals surface area (Å²) in [4.78, 5) is 15.2. The van der Waals surface area contributed by atoms with Gasteiger partial charge in [-0.25, -0.2) is 4.39 Å². The molecule has 1 aliphatic carbocycles. The summed E-state index contributed by atoms with van der Waals surface area (Å²) in [6.07, 6.45) is 6.67. The van der Waals surface area contributed by atoms with Crippen molar-refractivity contribution in [2.45, 2.75) is 83.3 Å². The third-order valence-electron chi connectivity index (χ3n) is 7.40. The van der Waals surface area contributed by atoms with Crippen LogP contribution in [0.15, 0.2) is 18.2 Å². The van der Waals surface area contributed by atoms with E-state index in [0.717, 1.165) is 69.3 Å². The lowest BCUT2D eigenvalue weighted by atomic mass is 9.63. The number of piperidine rings is 1. The molecular formula is C25H37FN2O2. The Hall–Kier alpha value is -1.46. The van der Waals surface area contributed by atoms with Crippen molar-refractivity contribution in [3.63, 3.8) is 0 Å². The molecule has 2 saturated heterocycles. The summed E-state index contributed by atoms with van der Waals surface area (Å²) in [7, 11) is 0. The molecular weight excluding hydrogens is 379 g/mol. The first kappa shape index (κ1) is 21.8. The molecule has 30 heavy (non-hydrogen) atoms. The SMILES string of the molecule is CC(C)(C)CCN1CCC2(CC[C@H](NC(=O)C3CCCO3)c3ccc(F)cc32)CC1. The van der Waals surface area contributed by atoms with Gasteiger partial charge in [-0.15, -0.1) is 0 Å². The van der Waals surface area contributed by atoms with Crippen LogP contribution in [0.2, 0.25) is 0 Å². The number of nitrogens with one attached hydrogen (secondary N) is 1. The summed E-state index contributed by atoms with van der Waals surface area (Å²) < 4.78 is 19.8. The topological polar surface area (TPSA) is 41.6 Å². The van der Waals surface area contributed by atoms with Crippen LogP contribution in [0, 0.1) is 11.2 Å². The van der Waals surface area contributed by atoms with Crippen LogP contribution in [0.3, 0.4) is 0 Å². The highest BCUT2D eigenvalue weighted by molar-refractivity contribution is 5.81. The van der Waals surface area contributed by atoms with Gasteiger partial charge in [0.2, 0.25) is 5.91 Å². The predicted octanol–water partition coefficient (Wildman–Crippen LogP) is 4.73. The van der Waals surface area contributed by atoms with Gasteiger partial charge < -0.3 is 15.0 Å². The van der Waals surface area contributed by atoms with Crippen molar-refractivity contribution < 1.29 is 13.9 Å². The second-order valence-corrected chi connectivity index (χ2v) is 10.8. The van der Waals surface area contributed by atoms with Gasteiger partial charge in [-0.1, -0.05) is 26.8 Å². The summed E-state index contributed by atoms with van der Waals surface area (Å²) in [6, 6.07) is 5.14. The summed E-state index contributed by atoms with van der Waals surface area (Å²) in [6.45, 7) is 10.8. The van der Waals surface area contributed by atoms with E-state index < -0.39 is 0 Å². The molecule has 3 aliphatic rings. The molecule has 0 radical (unpaired) electrons. The van der Waals surface area contributed by atoms with Crippen molar-refractivity contribution in [1.82, 2.24) is 10.2 Å². The fraction of sp³-hybridized carbons (Fsp3) is 0.720. The fourth-order valence-electron chi connectivity index (χ4n) is 5.42. The summed E-state index contributed by atoms with van der Waals surface area (Å²) in [5.41, 5.74) is 2.63. The van der Waals surface area contributed by atoms with Crippen LogP contribution >= 0.6 is 0 Å². The van der Waals surface area contributed by atoms with Crippen LogP contribution in [-0.2, 0) is 14.9 Å². The van der Waals surface area contributed by atoms with Crippen LogP contribution in [0.5, 0.6) is 0 Å². The van der Waals surface area contributed by atoms with E-state index in [9.17, 15) is 9.18 Å². The van der Waals surface area contributed by atoms with Crippen molar-refractivity contribution in [3.8, 4) is 0 Å². The highest BCUT2D eigenvalue weighted by Crippen LogP contribution is 2.48. The molecule has 0 bridgehead atoms. The first-order valence-corrected chi connectivity index (χ1v) is 11.7. The highest BCUT2D eigenvalue weighted by atomic mass is 19.1. The summed E-state index contributed by atoms with van der Waals surface area (Å²) in [5, 5.41) is 3.21. The van der Waals surface area contributed by atoms with Gasteiger partial charge in [0, 0.05) is 6.61 Å². The standard InChI is InChI=1S/C25H37FN2O2/c1-24(2,3)10-13-28-14-11-25(12-15-28)9-8-21(19-7-6-18(26)17-20(19)25)27-23(29)22-5-4-16-30-22/h6-7,17,21-22H,4-5,8-16H2,1-3H3,(H,27,29)/t21-,22?/m0/s1. The van der Waals surface area contributed by atoms with Gasteiger partial charge in [0.15, 0.2) is 0 Å². The first-order valence-electron chi connectivity index (χ1n) is 11.7. The zero-order chi connectivity index (χ0) is 21.4. The maximum Gasteiger partial charge on any atom is 0.249 e. The Balaban J connectivity index is 1.48. The minimum Gasteiger partial charge on any atom is -0.368 e. The van der Waals surface area contributed by atoms with Gasteiger partial charge in [0.1, 0.15) is 11.9 Å². The molecule has 166 valence electrons. The normalized spacial score (nSPS) is 26.5. The molecule has 1 aromatic rings. The largest absolute Gasteiger partial charge is 0.368 e. The maximum absolute atomic E-state index is 14.3. The van der Waals surface area contributed by atoms with Gasteiger partial charge >= 0.3 is 0 Å². The smallest absolute Gasteiger partial charge is 0.249 e. The van der Waals surface area contributed by atoms with E-state index in [4.69, 9.17) is 4.74 Å². The zero-order valence-electron chi connectivity index (χ0n) is 18.8. The first-order chi connectivity index (χ1) is 14.3. The van der Waals surface area contributed by atoms with Crippen LogP contribution < -0.4 is 5.32 Å². The van der Waals surface area contributed by atoms with Gasteiger partial charge in [-0.2, -0.15) is 0 Å². The number of likely N-dealkylation sites (tertiary alicyclic amines) is 1. The maximum atomic E-state index is 14.3. The average molecular weight is 417 g/mol. The molecule has 4 nitrogen and oxygen atoms in total. The summed E-state index contributed by atoms with van der Waals surface area (Å²) in [5.74, 6) is -0.185. The molecule has 2 heterocycles. The van der Waals surface area contributed by atoms with Crippen molar-refractivity contribution in [1.29, 1.82) is 0 Å². The van der Waals surface area contributed by atoms with E-state index in [0.29, 0.717) is 12.0 Å². The molecule has 1 spiro atoms. The van der Waals surface area contributed by atoms with Crippen LogP contribution in [0.4, 0.5) is 4.39 Å². The third-order valence-corrected chi connectivity index (χ3v) is 7.40. The van der Waals surface area contributed by atoms with Gasteiger partial charge in [0.05, 0.1) is 6.04 Å². The Morgan fingerprint density at radius 3 is 2.67 bits per heavy atom. The predicted molar refractivity (Wildman–Crippen MR) is 117 cm³/mol. The number of amides is 1. The van der Waals surface area contributed by atoms with Gasteiger partial charge in [0.25, 0.3) is 0 Å². The monoisotopic (exact) mass is 416 g/mol. The number of hydrogen-bond donors (Lipinski definition) is 1. The lowest BCUT2D eigenvalue weighted by Gasteiger charge is -2.47. The average Bonchev–Trinajstić information content (AvgIpc) is 3.24. The van der Waals surface area contributed by atoms with E-state index in [-0.39, 0.29) is 29.3 Å². The number of carbonyl (C=O) groups excluding carboxylic acids is 1. The molecule has 1 unspecified atom stereocenters. The molecule has 1 amide bonds. The second-order valence-electron chi connectivity index (χ2n) is 10.8. The molecule has 5 heteroatoms. The molecule has 0 aromatic heterocycles. The Labute approximate surface area is 180 Å². The van der Waals surface area contributed by atoms with E-state index in [2.05, 4.69) is 31.0 Å². The molecule has 2 aliphatic heterocycles. The second kappa shape index (κ2) is 8.58. The van der Waals surface area contributed by atoms with Crippen LogP contribution in [0.25, 0.3) is 0 Å². The lowest BCUT2D eigenvalue weighted by molar-refractivity contribution is -0.131. The lowest BCUT2D eigenvalue weighted by Crippen LogP contribution is -2.47. The number of rotatable bonds is 4. The molecule has 0 saturated carbocycles. The molecule has 2 atom stereocenters. The van der Waals surface area contributed by atoms with Crippen molar-refractivity contribution >= 4 is 5.91 Å². The number of halogens is 1. The number of benzene rings is 1. The minimum atomic E-state index is -0.323. The summed E-state index contributed by atoms with van der Waals surface area (Å²) >= 11 is 0. The molecule has 2 fully saturated rings. The van der Waals surface area contributed by atoms with Crippen molar-refractivity contribution in [2.75, 3.05) is 26.2 Å². The highest BCUT2D eigenvalue weighted by Gasteiger charge is 2.43. The Bertz CT molecular complexity index is 759. The van der Waals surface area contributed by atoms with E-state index in [1.165, 1.54) is 6.42 Å². The zero-order valence-corrected chi connectivity index (χ0v) is 18.8. The number of nitrogens with zero attached hydrogens (tertiary/aromatic N) is 1. The van der Waals surface area contributed by atoms with E-state index in [1.807, 2.05) is 6.07 Å². The minimum absolute atomic E-state index is 0.0132. The molecule has 1 N–H and O–H groups in total. The quantitative estimate of drug-likeness (QED) is 0.772. The molecule has 1 aromatic carbocycles. The Morgan fingerprint density at radius 2 is 2.00 bits per heavy atom. The van der Waals surface area contributed by atoms with Gasteiger partial charge in [-0.05, 0) is 98.7 Å². The van der Waals surface area contributed by atoms with Gasteiger partial charge in [-0.3, -0.25) is 4.79 Å². The number of carbonyl (C=O) groups is 1. The Kier molecular flexibility index (Phi) is 6.23. The van der Waals surface area contributed by atoms with E-state index >= 15 is 0 Å². The van der Waals surface area contributed by atoms with Crippen molar-refractivity contribution in [3.05, 3.63) is 35.1 Å². The number of fused-ring (bicyclic) bond motifs is 2. The third kappa shape index (κ3) is 4.72. The fourth-order valence-corrected chi connectivity index (χ4v) is 5.42. The number of hydrogen-bond acceptors (Lipinski definition) is 3. The van der Waals surface area contributed by atoms with Crippen LogP contribution in [0.1, 0.15) is 82.9 Å².